The summed E-state index contributed by atoms with van der Waals surface area (Å²) in [6, 6.07) is 7.69. The average Bonchev–Trinajstić information content (AvgIpc) is 2.28. The van der Waals surface area contributed by atoms with Crippen molar-refractivity contribution in [3.05, 3.63) is 28.7 Å². The Morgan fingerprint density at radius 2 is 1.88 bits per heavy atom. The molecule has 4 heteroatoms. The zero-order valence-corrected chi connectivity index (χ0v) is 12.1. The van der Waals surface area contributed by atoms with Crippen LogP contribution in [0, 0.1) is 5.41 Å². The third-order valence-corrected chi connectivity index (χ3v) is 3.40. The second kappa shape index (κ2) is 5.65. The van der Waals surface area contributed by atoms with Crippen LogP contribution in [-0.4, -0.2) is 19.5 Å². The van der Waals surface area contributed by atoms with Crippen molar-refractivity contribution in [2.24, 2.45) is 11.1 Å². The van der Waals surface area contributed by atoms with Crippen LogP contribution in [0.3, 0.4) is 0 Å². The lowest BCUT2D eigenvalue weighted by molar-refractivity contribution is -0.126. The third-order valence-electron chi connectivity index (χ3n) is 2.87. The minimum atomic E-state index is -0.420. The van der Waals surface area contributed by atoms with Gasteiger partial charge in [0.05, 0.1) is 0 Å². The zero-order chi connectivity index (χ0) is 13.1. The van der Waals surface area contributed by atoms with Crippen LogP contribution in [0.5, 0.6) is 0 Å². The molecule has 3 nitrogen and oxygen atoms in total. The van der Waals surface area contributed by atoms with E-state index in [0.717, 1.165) is 10.2 Å². The van der Waals surface area contributed by atoms with Crippen molar-refractivity contribution in [2.45, 2.75) is 20.3 Å². The Bertz CT molecular complexity index is 387. The molecule has 1 aromatic rings. The summed E-state index contributed by atoms with van der Waals surface area (Å²) in [5.41, 5.74) is 6.01. The molecule has 0 heterocycles. The molecule has 0 spiro atoms. The number of carbonyl (C=O) groups excluding carboxylic acids is 1. The first-order chi connectivity index (χ1) is 7.88. The molecular weight excluding hydrogens is 280 g/mol. The number of hydrogen-bond acceptors (Lipinski definition) is 2. The van der Waals surface area contributed by atoms with Gasteiger partial charge in [-0.25, -0.2) is 0 Å². The first-order valence-electron chi connectivity index (χ1n) is 5.62. The lowest BCUT2D eigenvalue weighted by Gasteiger charge is -2.29. The Kier molecular flexibility index (Phi) is 4.71. The molecule has 0 bridgehead atoms. The van der Waals surface area contributed by atoms with E-state index in [1.165, 1.54) is 0 Å². The zero-order valence-electron chi connectivity index (χ0n) is 10.5. The maximum Gasteiger partial charge on any atom is 0.232 e. The van der Waals surface area contributed by atoms with Gasteiger partial charge in [0.1, 0.15) is 0 Å². The van der Waals surface area contributed by atoms with Crippen LogP contribution in [0.1, 0.15) is 20.3 Å². The molecule has 0 aromatic heterocycles. The van der Waals surface area contributed by atoms with Gasteiger partial charge in [-0.1, -0.05) is 29.8 Å². The number of rotatable bonds is 4. The highest BCUT2D eigenvalue weighted by molar-refractivity contribution is 9.10. The maximum atomic E-state index is 12.3. The number of carbonyl (C=O) groups is 1. The molecule has 0 unspecified atom stereocenters. The van der Waals surface area contributed by atoms with E-state index in [9.17, 15) is 4.79 Å². The van der Waals surface area contributed by atoms with Gasteiger partial charge in [-0.2, -0.15) is 0 Å². The Morgan fingerprint density at radius 1 is 1.35 bits per heavy atom. The molecule has 0 saturated carbocycles. The van der Waals surface area contributed by atoms with Gasteiger partial charge in [-0.3, -0.25) is 4.79 Å². The number of hydrogen-bond donors (Lipinski definition) is 1. The van der Waals surface area contributed by atoms with Crippen molar-refractivity contribution < 1.29 is 4.79 Å². The summed E-state index contributed by atoms with van der Waals surface area (Å²) in [7, 11) is 1.80. The minimum Gasteiger partial charge on any atom is -0.330 e. The van der Waals surface area contributed by atoms with Crippen LogP contribution in [0.2, 0.25) is 0 Å². The first-order valence-corrected chi connectivity index (χ1v) is 6.41. The molecule has 0 saturated heterocycles. The Labute approximate surface area is 111 Å². The Balaban J connectivity index is 2.86. The molecular formula is C13H19BrN2O. The lowest BCUT2D eigenvalue weighted by Crippen LogP contribution is -2.39. The van der Waals surface area contributed by atoms with Crippen molar-refractivity contribution in [3.63, 3.8) is 0 Å². The highest BCUT2D eigenvalue weighted by Crippen LogP contribution is 2.26. The molecule has 94 valence electrons. The summed E-state index contributed by atoms with van der Waals surface area (Å²) in [6.07, 6.45) is 0.687. The Morgan fingerprint density at radius 3 is 2.35 bits per heavy atom. The van der Waals surface area contributed by atoms with Crippen molar-refractivity contribution in [1.82, 2.24) is 0 Å². The van der Waals surface area contributed by atoms with E-state index in [0.29, 0.717) is 13.0 Å². The van der Waals surface area contributed by atoms with Crippen LogP contribution in [0.4, 0.5) is 5.69 Å². The fourth-order valence-electron chi connectivity index (χ4n) is 1.70. The van der Waals surface area contributed by atoms with E-state index in [2.05, 4.69) is 15.9 Å². The van der Waals surface area contributed by atoms with Gasteiger partial charge in [0, 0.05) is 22.6 Å². The molecule has 0 aliphatic heterocycles. The molecule has 1 aromatic carbocycles. The molecule has 0 fully saturated rings. The highest BCUT2D eigenvalue weighted by atomic mass is 79.9. The van der Waals surface area contributed by atoms with Crippen LogP contribution in [0.25, 0.3) is 0 Å². The quantitative estimate of drug-likeness (QED) is 0.929. The fraction of sp³-hybridized carbons (Fsp3) is 0.462. The smallest absolute Gasteiger partial charge is 0.232 e. The van der Waals surface area contributed by atoms with E-state index in [1.54, 1.807) is 11.9 Å². The van der Waals surface area contributed by atoms with E-state index >= 15 is 0 Å². The predicted molar refractivity (Wildman–Crippen MR) is 75.0 cm³/mol. The van der Waals surface area contributed by atoms with Crippen LogP contribution in [0.15, 0.2) is 28.7 Å². The normalized spacial score (nSPS) is 11.4. The number of anilines is 1. The molecule has 1 rings (SSSR count). The highest BCUT2D eigenvalue weighted by Gasteiger charge is 2.30. The number of halogens is 1. The van der Waals surface area contributed by atoms with Gasteiger partial charge in [0.15, 0.2) is 0 Å². The number of benzene rings is 1. The van der Waals surface area contributed by atoms with Crippen molar-refractivity contribution in [3.8, 4) is 0 Å². The van der Waals surface area contributed by atoms with Gasteiger partial charge in [0.25, 0.3) is 0 Å². The monoisotopic (exact) mass is 298 g/mol. The second-order valence-electron chi connectivity index (χ2n) is 4.76. The summed E-state index contributed by atoms with van der Waals surface area (Å²) in [5.74, 6) is 0.0882. The van der Waals surface area contributed by atoms with E-state index in [-0.39, 0.29) is 5.91 Å². The third kappa shape index (κ3) is 3.54. The van der Waals surface area contributed by atoms with Gasteiger partial charge in [0.2, 0.25) is 5.91 Å². The average molecular weight is 299 g/mol. The van der Waals surface area contributed by atoms with Gasteiger partial charge >= 0.3 is 0 Å². The molecule has 0 atom stereocenters. The van der Waals surface area contributed by atoms with Gasteiger partial charge in [-0.05, 0) is 37.2 Å². The summed E-state index contributed by atoms with van der Waals surface area (Å²) >= 11 is 3.38. The topological polar surface area (TPSA) is 46.3 Å². The molecule has 0 radical (unpaired) electrons. The Hall–Kier alpha value is -0.870. The molecule has 17 heavy (non-hydrogen) atoms. The van der Waals surface area contributed by atoms with E-state index in [1.807, 2.05) is 38.1 Å². The number of nitrogens with two attached hydrogens (primary N) is 1. The fourth-order valence-corrected chi connectivity index (χ4v) is 1.97. The summed E-state index contributed by atoms with van der Waals surface area (Å²) in [4.78, 5) is 14.0. The van der Waals surface area contributed by atoms with Crippen molar-refractivity contribution in [2.75, 3.05) is 18.5 Å². The number of amides is 1. The summed E-state index contributed by atoms with van der Waals surface area (Å²) in [5, 5.41) is 0. The van der Waals surface area contributed by atoms with Crippen molar-refractivity contribution >= 4 is 27.5 Å². The lowest BCUT2D eigenvalue weighted by atomic mass is 9.87. The molecule has 0 aliphatic carbocycles. The largest absolute Gasteiger partial charge is 0.330 e. The van der Waals surface area contributed by atoms with Gasteiger partial charge in [-0.15, -0.1) is 0 Å². The molecule has 0 aliphatic rings. The predicted octanol–water partition coefficient (Wildman–Crippen LogP) is 2.79. The van der Waals surface area contributed by atoms with Crippen LogP contribution < -0.4 is 10.6 Å². The SMILES string of the molecule is CN(C(=O)C(C)(C)CCN)c1ccc(Br)cc1. The van der Waals surface area contributed by atoms with Crippen molar-refractivity contribution in [1.29, 1.82) is 0 Å². The standard InChI is InChI=1S/C13H19BrN2O/c1-13(2,8-9-15)12(17)16(3)11-6-4-10(14)5-7-11/h4-7H,8-9,15H2,1-3H3. The maximum absolute atomic E-state index is 12.3. The second-order valence-corrected chi connectivity index (χ2v) is 5.68. The van der Waals surface area contributed by atoms with E-state index < -0.39 is 5.41 Å². The first kappa shape index (κ1) is 14.2. The summed E-state index contributed by atoms with van der Waals surface area (Å²) in [6.45, 7) is 4.38. The van der Waals surface area contributed by atoms with E-state index in [4.69, 9.17) is 5.73 Å². The van der Waals surface area contributed by atoms with Gasteiger partial charge < -0.3 is 10.6 Å². The van der Waals surface area contributed by atoms with Crippen LogP contribution >= 0.6 is 15.9 Å². The van der Waals surface area contributed by atoms with Crippen LogP contribution in [-0.2, 0) is 4.79 Å². The molecule has 1 amide bonds. The number of nitrogens with zero attached hydrogens (tertiary/aromatic N) is 1. The minimum absolute atomic E-state index is 0.0882. The molecule has 2 N–H and O–H groups in total. The summed E-state index contributed by atoms with van der Waals surface area (Å²) < 4.78 is 1.00.